The Labute approximate surface area is 242 Å². The molecule has 0 unspecified atom stereocenters. The number of fused-ring (bicyclic) bond motifs is 3. The Bertz CT molecular complexity index is 1310. The molecule has 10 nitrogen and oxygen atoms in total. The largest absolute Gasteiger partial charge is 0.493 e. The molecule has 0 radical (unpaired) electrons. The summed E-state index contributed by atoms with van der Waals surface area (Å²) in [5.41, 5.74) is 3.12. The molecule has 2 amide bonds. The Kier molecular flexibility index (Phi) is 11.0. The lowest BCUT2D eigenvalue weighted by Gasteiger charge is -2.22. The summed E-state index contributed by atoms with van der Waals surface area (Å²) < 4.78 is 17.1. The number of carbonyl (C=O) groups excluding carboxylic acids is 2. The number of aryl methyl sites for hydroxylation is 1. The lowest BCUT2D eigenvalue weighted by molar-refractivity contribution is -0.122. The first-order chi connectivity index (χ1) is 19.5. The molecule has 0 bridgehead atoms. The van der Waals surface area contributed by atoms with Crippen LogP contribution in [0.15, 0.2) is 29.1 Å². The maximum Gasteiger partial charge on any atom is 0.242 e. The van der Waals surface area contributed by atoms with Crippen LogP contribution >= 0.6 is 0 Å². The van der Waals surface area contributed by atoms with Gasteiger partial charge >= 0.3 is 0 Å². The predicted octanol–water partition coefficient (Wildman–Crippen LogP) is 3.37. The number of amides is 2. The fraction of sp³-hybridized carbons (Fsp3) is 0.516. The first-order valence-electron chi connectivity index (χ1n) is 14.0. The highest BCUT2D eigenvalue weighted by atomic mass is 16.5. The van der Waals surface area contributed by atoms with Gasteiger partial charge in [-0.2, -0.15) is 0 Å². The zero-order chi connectivity index (χ0) is 30.3. The average molecular weight is 569 g/mol. The number of hydrogen-bond donors (Lipinski definition) is 3. The second-order valence-electron chi connectivity index (χ2n) is 10.9. The molecular formula is C31H44N4O6. The monoisotopic (exact) mass is 568 g/mol. The third kappa shape index (κ3) is 7.49. The van der Waals surface area contributed by atoms with E-state index in [0.29, 0.717) is 47.9 Å². The molecule has 41 heavy (non-hydrogen) atoms. The van der Waals surface area contributed by atoms with Crippen LogP contribution in [0.1, 0.15) is 50.8 Å². The molecule has 2 aromatic rings. The summed E-state index contributed by atoms with van der Waals surface area (Å²) in [6.07, 6.45) is 2.00. The summed E-state index contributed by atoms with van der Waals surface area (Å²) in [5.74, 6) is 1.03. The van der Waals surface area contributed by atoms with Crippen molar-refractivity contribution in [2.24, 2.45) is 5.92 Å². The van der Waals surface area contributed by atoms with Gasteiger partial charge in [-0.15, -0.1) is 0 Å². The average Bonchev–Trinajstić information content (AvgIpc) is 3.16. The van der Waals surface area contributed by atoms with E-state index in [1.807, 2.05) is 40.1 Å². The van der Waals surface area contributed by atoms with E-state index in [1.165, 1.54) is 6.92 Å². The minimum atomic E-state index is -0.610. The Hall–Kier alpha value is -3.79. The number of carbonyl (C=O) groups is 2. The molecule has 1 aliphatic carbocycles. The maximum absolute atomic E-state index is 13.7. The van der Waals surface area contributed by atoms with Crippen molar-refractivity contribution in [3.63, 3.8) is 0 Å². The van der Waals surface area contributed by atoms with Gasteiger partial charge in [-0.3, -0.25) is 14.4 Å². The Balaban J connectivity index is 2.13. The molecule has 0 heterocycles. The Morgan fingerprint density at radius 3 is 2.34 bits per heavy atom. The fourth-order valence-electron chi connectivity index (χ4n) is 5.25. The number of nitrogens with one attached hydrogen (secondary N) is 3. The number of hydrogen-bond acceptors (Lipinski definition) is 8. The van der Waals surface area contributed by atoms with Crippen molar-refractivity contribution in [2.75, 3.05) is 53.8 Å². The van der Waals surface area contributed by atoms with Gasteiger partial charge in [0, 0.05) is 19.0 Å². The van der Waals surface area contributed by atoms with Gasteiger partial charge in [0.05, 0.1) is 33.1 Å². The number of ether oxygens (including phenoxy) is 3. The van der Waals surface area contributed by atoms with E-state index in [2.05, 4.69) is 20.9 Å². The minimum absolute atomic E-state index is 0.0729. The number of anilines is 1. The van der Waals surface area contributed by atoms with Gasteiger partial charge in [-0.25, -0.2) is 0 Å². The Morgan fingerprint density at radius 2 is 1.76 bits per heavy atom. The van der Waals surface area contributed by atoms with E-state index in [9.17, 15) is 14.4 Å². The van der Waals surface area contributed by atoms with Gasteiger partial charge in [0.1, 0.15) is 6.04 Å². The van der Waals surface area contributed by atoms with Crippen LogP contribution in [-0.4, -0.2) is 71.3 Å². The fourth-order valence-corrected chi connectivity index (χ4v) is 5.25. The molecule has 0 saturated heterocycles. The summed E-state index contributed by atoms with van der Waals surface area (Å²) in [6, 6.07) is 5.99. The molecule has 10 heteroatoms. The minimum Gasteiger partial charge on any atom is -0.493 e. The molecule has 0 fully saturated rings. The second kappa shape index (κ2) is 14.2. The summed E-state index contributed by atoms with van der Waals surface area (Å²) in [6.45, 7) is 6.74. The van der Waals surface area contributed by atoms with Crippen molar-refractivity contribution < 1.29 is 23.8 Å². The lowest BCUT2D eigenvalue weighted by atomic mass is 9.95. The van der Waals surface area contributed by atoms with Crippen LogP contribution in [0.25, 0.3) is 11.1 Å². The summed E-state index contributed by atoms with van der Waals surface area (Å²) in [5, 5.41) is 9.21. The van der Waals surface area contributed by atoms with Crippen LogP contribution in [0.2, 0.25) is 0 Å². The third-order valence-electron chi connectivity index (χ3n) is 7.26. The standard InChI is InChI=1S/C31H44N4O6/c1-18(2)28(31(38)32-14-9-15-35(4)5)34-24-13-11-21-22(17-25(24)37)23(33-19(3)36)12-10-20-16-26(39-6)29(40-7)30(41-8)27(20)21/h11,13,16-18,23,28H,9-10,12,14-15H2,1-8H3,(H,32,38)(H,33,36)(H,34,37)/t23-,28-/m0/s1. The lowest BCUT2D eigenvalue weighted by Crippen LogP contribution is -2.44. The van der Waals surface area contributed by atoms with E-state index in [-0.39, 0.29) is 23.2 Å². The van der Waals surface area contributed by atoms with Crippen molar-refractivity contribution in [1.82, 2.24) is 15.5 Å². The molecule has 2 aromatic carbocycles. The Morgan fingerprint density at radius 1 is 1.05 bits per heavy atom. The summed E-state index contributed by atoms with van der Waals surface area (Å²) >= 11 is 0. The van der Waals surface area contributed by atoms with Crippen LogP contribution in [0, 0.1) is 5.92 Å². The molecule has 1 aliphatic rings. The van der Waals surface area contributed by atoms with Crippen LogP contribution in [0.5, 0.6) is 17.2 Å². The van der Waals surface area contributed by atoms with Crippen molar-refractivity contribution in [2.45, 2.75) is 52.1 Å². The van der Waals surface area contributed by atoms with Crippen molar-refractivity contribution in [3.05, 3.63) is 45.6 Å². The molecule has 2 atom stereocenters. The highest BCUT2D eigenvalue weighted by molar-refractivity contribution is 5.86. The zero-order valence-corrected chi connectivity index (χ0v) is 25.5. The van der Waals surface area contributed by atoms with Crippen LogP contribution in [0.3, 0.4) is 0 Å². The van der Waals surface area contributed by atoms with Gasteiger partial charge in [0.25, 0.3) is 0 Å². The second-order valence-corrected chi connectivity index (χ2v) is 10.9. The van der Waals surface area contributed by atoms with Crippen molar-refractivity contribution in [3.8, 4) is 28.4 Å². The highest BCUT2D eigenvalue weighted by Gasteiger charge is 2.30. The van der Waals surface area contributed by atoms with Gasteiger partial charge in [-0.05, 0) is 80.7 Å². The molecule has 0 spiro atoms. The van der Waals surface area contributed by atoms with Gasteiger partial charge in [0.2, 0.25) is 23.0 Å². The van der Waals surface area contributed by atoms with E-state index >= 15 is 0 Å². The van der Waals surface area contributed by atoms with Crippen molar-refractivity contribution in [1.29, 1.82) is 0 Å². The van der Waals surface area contributed by atoms with E-state index in [4.69, 9.17) is 14.2 Å². The molecule has 224 valence electrons. The number of nitrogens with zero attached hydrogens (tertiary/aromatic N) is 1. The first-order valence-corrected chi connectivity index (χ1v) is 14.0. The maximum atomic E-state index is 13.7. The summed E-state index contributed by atoms with van der Waals surface area (Å²) in [4.78, 5) is 41.0. The van der Waals surface area contributed by atoms with Crippen LogP contribution in [-0.2, 0) is 16.0 Å². The molecular weight excluding hydrogens is 524 g/mol. The SMILES string of the molecule is COc1cc2c(c(OC)c1OC)-c1ccc(N[C@H](C(=O)NCCCN(C)C)C(C)C)c(=O)cc1[C@@H](NC(C)=O)CC2. The number of benzene rings is 1. The number of methoxy groups -OCH3 is 3. The smallest absolute Gasteiger partial charge is 0.242 e. The van der Waals surface area contributed by atoms with Crippen LogP contribution < -0.4 is 35.6 Å². The van der Waals surface area contributed by atoms with E-state index < -0.39 is 12.1 Å². The molecule has 3 rings (SSSR count). The predicted molar refractivity (Wildman–Crippen MR) is 161 cm³/mol. The zero-order valence-electron chi connectivity index (χ0n) is 25.5. The summed E-state index contributed by atoms with van der Waals surface area (Å²) in [7, 11) is 8.66. The molecule has 0 aliphatic heterocycles. The van der Waals surface area contributed by atoms with Crippen molar-refractivity contribution >= 4 is 17.5 Å². The van der Waals surface area contributed by atoms with Crippen LogP contribution in [0.4, 0.5) is 5.69 Å². The molecule has 0 aromatic heterocycles. The third-order valence-corrected chi connectivity index (χ3v) is 7.26. The van der Waals surface area contributed by atoms with Gasteiger partial charge in [-0.1, -0.05) is 19.9 Å². The van der Waals surface area contributed by atoms with Gasteiger partial charge in [0.15, 0.2) is 11.5 Å². The van der Waals surface area contributed by atoms with E-state index in [0.717, 1.165) is 29.7 Å². The number of rotatable bonds is 12. The normalized spacial score (nSPS) is 14.8. The van der Waals surface area contributed by atoms with E-state index in [1.54, 1.807) is 33.5 Å². The molecule has 3 N–H and O–H groups in total. The van der Waals surface area contributed by atoms with Gasteiger partial charge < -0.3 is 35.1 Å². The molecule has 0 saturated carbocycles. The quantitative estimate of drug-likeness (QED) is 0.334. The highest BCUT2D eigenvalue weighted by Crippen LogP contribution is 2.50. The topological polar surface area (TPSA) is 118 Å². The first kappa shape index (κ1) is 31.7.